The van der Waals surface area contributed by atoms with Crippen molar-refractivity contribution >= 4 is 23.5 Å². The Kier molecular flexibility index (Phi) is 6.67. The van der Waals surface area contributed by atoms with E-state index in [1.807, 2.05) is 30.3 Å². The molecule has 0 saturated heterocycles. The molecule has 1 amide bonds. The maximum atomic E-state index is 12.3. The van der Waals surface area contributed by atoms with E-state index in [4.69, 9.17) is 4.74 Å². The third-order valence-electron chi connectivity index (χ3n) is 4.78. The summed E-state index contributed by atoms with van der Waals surface area (Å²) in [5.41, 5.74) is 4.90. The summed E-state index contributed by atoms with van der Waals surface area (Å²) >= 11 is 1.60. The van der Waals surface area contributed by atoms with Crippen LogP contribution >= 0.6 is 11.3 Å². The second kappa shape index (κ2) is 9.18. The minimum Gasteiger partial charge on any atom is -0.494 e. The number of rotatable bonds is 7. The second-order valence-corrected chi connectivity index (χ2v) is 8.84. The lowest BCUT2D eigenvalue weighted by Crippen LogP contribution is -2.16. The van der Waals surface area contributed by atoms with E-state index in [9.17, 15) is 4.79 Å². The number of hydrogen-bond acceptors (Lipinski definition) is 4. The Balaban J connectivity index is 1.50. The summed E-state index contributed by atoms with van der Waals surface area (Å²) in [6, 6.07) is 9.76. The highest BCUT2D eigenvalue weighted by Gasteiger charge is 2.20. The second-order valence-electron chi connectivity index (χ2n) is 7.71. The van der Waals surface area contributed by atoms with Gasteiger partial charge in [-0.2, -0.15) is 5.10 Å². The number of ether oxygens (including phenoxy) is 1. The monoisotopic (exact) mass is 384 g/mol. The molecule has 1 aliphatic rings. The largest absolute Gasteiger partial charge is 0.494 e. The van der Waals surface area contributed by atoms with Crippen LogP contribution in [-0.4, -0.2) is 18.7 Å². The van der Waals surface area contributed by atoms with Crippen LogP contribution in [0.25, 0.3) is 0 Å². The smallest absolute Gasteiger partial charge is 0.281 e. The van der Waals surface area contributed by atoms with Crippen molar-refractivity contribution in [3.8, 4) is 5.75 Å². The van der Waals surface area contributed by atoms with Crippen LogP contribution in [0.15, 0.2) is 35.4 Å². The average Bonchev–Trinajstić information content (AvgIpc) is 3.06. The minimum absolute atomic E-state index is 0.132. The maximum Gasteiger partial charge on any atom is 0.281 e. The van der Waals surface area contributed by atoms with Crippen LogP contribution in [0.2, 0.25) is 0 Å². The van der Waals surface area contributed by atoms with Crippen LogP contribution in [0.4, 0.5) is 0 Å². The lowest BCUT2D eigenvalue weighted by atomic mass is 9.90. The summed E-state index contributed by atoms with van der Waals surface area (Å²) in [5.74, 6) is 2.07. The summed E-state index contributed by atoms with van der Waals surface area (Å²) in [5, 5.41) is 4.10. The molecule has 0 aliphatic heterocycles. The Bertz CT molecular complexity index is 793. The quantitative estimate of drug-likeness (QED) is 0.536. The molecule has 3 rings (SSSR count). The molecule has 1 N–H and O–H groups in total. The van der Waals surface area contributed by atoms with Crippen LogP contribution in [0.3, 0.4) is 0 Å². The number of nitrogens with zero attached hydrogens (tertiary/aromatic N) is 1. The molecule has 0 saturated carbocycles. The fraction of sp³-hybridized carbons (Fsp3) is 0.455. The van der Waals surface area contributed by atoms with Crippen molar-refractivity contribution in [1.82, 2.24) is 5.43 Å². The maximum absolute atomic E-state index is 12.3. The van der Waals surface area contributed by atoms with Crippen molar-refractivity contribution in [2.75, 3.05) is 6.61 Å². The van der Waals surface area contributed by atoms with Gasteiger partial charge in [0.2, 0.25) is 0 Å². The highest BCUT2D eigenvalue weighted by atomic mass is 32.1. The van der Waals surface area contributed by atoms with Crippen molar-refractivity contribution in [1.29, 1.82) is 0 Å². The third-order valence-corrected chi connectivity index (χ3v) is 6.01. The molecule has 144 valence electrons. The number of hydrazone groups is 1. The van der Waals surface area contributed by atoms with Gasteiger partial charge in [0.1, 0.15) is 5.75 Å². The van der Waals surface area contributed by atoms with Crippen LogP contribution in [-0.2, 0) is 12.8 Å². The minimum atomic E-state index is -0.132. The van der Waals surface area contributed by atoms with Crippen LogP contribution in [0.1, 0.15) is 59.3 Å². The topological polar surface area (TPSA) is 50.7 Å². The van der Waals surface area contributed by atoms with Gasteiger partial charge in [0.05, 0.1) is 17.7 Å². The van der Waals surface area contributed by atoms with Crippen molar-refractivity contribution in [2.45, 2.75) is 46.5 Å². The number of nitrogens with one attached hydrogen (secondary N) is 1. The number of hydrogen-bond donors (Lipinski definition) is 1. The van der Waals surface area contributed by atoms with E-state index in [0.717, 1.165) is 42.1 Å². The van der Waals surface area contributed by atoms with E-state index >= 15 is 0 Å². The molecular weight excluding hydrogens is 356 g/mol. The Labute approximate surface area is 165 Å². The first-order valence-electron chi connectivity index (χ1n) is 9.69. The Morgan fingerprint density at radius 1 is 1.37 bits per heavy atom. The van der Waals surface area contributed by atoms with Gasteiger partial charge in [0.25, 0.3) is 5.91 Å². The Morgan fingerprint density at radius 2 is 2.15 bits per heavy atom. The fourth-order valence-corrected chi connectivity index (χ4v) is 4.20. The molecule has 1 atom stereocenters. The van der Waals surface area contributed by atoms with Gasteiger partial charge in [-0.1, -0.05) is 20.8 Å². The lowest BCUT2D eigenvalue weighted by Gasteiger charge is -2.16. The molecule has 5 heteroatoms. The van der Waals surface area contributed by atoms with Crippen LogP contribution in [0.5, 0.6) is 5.75 Å². The number of fused-ring (bicyclic) bond motifs is 1. The third kappa shape index (κ3) is 5.67. The van der Waals surface area contributed by atoms with E-state index in [1.54, 1.807) is 17.6 Å². The number of carbonyl (C=O) groups excluding carboxylic acids is 1. The number of amides is 1. The summed E-state index contributed by atoms with van der Waals surface area (Å²) in [6.45, 7) is 7.36. The zero-order valence-corrected chi connectivity index (χ0v) is 17.1. The zero-order chi connectivity index (χ0) is 19.2. The van der Waals surface area contributed by atoms with E-state index in [1.165, 1.54) is 16.9 Å². The molecule has 1 aliphatic carbocycles. The Hall–Kier alpha value is -2.14. The number of thiophene rings is 1. The van der Waals surface area contributed by atoms with Crippen molar-refractivity contribution < 1.29 is 9.53 Å². The van der Waals surface area contributed by atoms with Gasteiger partial charge in [-0.15, -0.1) is 11.3 Å². The molecule has 27 heavy (non-hydrogen) atoms. The zero-order valence-electron chi connectivity index (χ0n) is 16.3. The predicted octanol–water partition coefficient (Wildman–Crippen LogP) is 5.06. The van der Waals surface area contributed by atoms with E-state index in [-0.39, 0.29) is 5.91 Å². The normalized spacial score (nSPS) is 16.5. The van der Waals surface area contributed by atoms with Gasteiger partial charge in [-0.25, -0.2) is 5.43 Å². The summed E-state index contributed by atoms with van der Waals surface area (Å²) < 4.78 is 5.71. The molecule has 1 heterocycles. The van der Waals surface area contributed by atoms with Crippen LogP contribution < -0.4 is 10.2 Å². The van der Waals surface area contributed by atoms with Gasteiger partial charge < -0.3 is 4.74 Å². The number of carbonyl (C=O) groups is 1. The van der Waals surface area contributed by atoms with Crippen molar-refractivity contribution in [3.63, 3.8) is 0 Å². The average molecular weight is 385 g/mol. The van der Waals surface area contributed by atoms with Crippen molar-refractivity contribution in [3.05, 3.63) is 51.2 Å². The summed E-state index contributed by atoms with van der Waals surface area (Å²) in [7, 11) is 0. The SMILES string of the molecule is CC(C)CCOc1ccc(/C=N\NC(=O)c2cc3c(s2)CC[C@H](C)C3)cc1. The standard InChI is InChI=1S/C22H28N2O2S/c1-15(2)10-11-26-19-7-5-17(6-8-19)14-23-24-22(25)21-13-18-12-16(3)4-9-20(18)27-21/h5-8,13-16H,4,9-12H2,1-3H3,(H,24,25)/b23-14-/t16-/m0/s1. The van der Waals surface area contributed by atoms with E-state index in [0.29, 0.717) is 11.8 Å². The number of aryl methyl sites for hydroxylation is 1. The van der Waals surface area contributed by atoms with Crippen LogP contribution in [0, 0.1) is 11.8 Å². The molecule has 0 radical (unpaired) electrons. The first-order valence-corrected chi connectivity index (χ1v) is 10.5. The molecule has 1 aromatic heterocycles. The van der Waals surface area contributed by atoms with E-state index in [2.05, 4.69) is 31.3 Å². The molecule has 0 unspecified atom stereocenters. The molecule has 1 aromatic carbocycles. The highest BCUT2D eigenvalue weighted by molar-refractivity contribution is 7.14. The van der Waals surface area contributed by atoms with Gasteiger partial charge >= 0.3 is 0 Å². The molecular formula is C22H28N2O2S. The highest BCUT2D eigenvalue weighted by Crippen LogP contribution is 2.32. The fourth-order valence-electron chi connectivity index (χ4n) is 3.10. The van der Waals surface area contributed by atoms with Gasteiger partial charge in [0, 0.05) is 4.88 Å². The molecule has 0 spiro atoms. The van der Waals surface area contributed by atoms with E-state index < -0.39 is 0 Å². The van der Waals surface area contributed by atoms with Gasteiger partial charge in [-0.05, 0) is 79.0 Å². The molecule has 2 aromatic rings. The molecule has 0 bridgehead atoms. The Morgan fingerprint density at radius 3 is 2.89 bits per heavy atom. The first kappa shape index (κ1) is 19.6. The first-order chi connectivity index (χ1) is 13.0. The summed E-state index contributed by atoms with van der Waals surface area (Å²) in [6.07, 6.45) is 6.08. The lowest BCUT2D eigenvalue weighted by molar-refractivity contribution is 0.0959. The van der Waals surface area contributed by atoms with Gasteiger partial charge in [-0.3, -0.25) is 4.79 Å². The predicted molar refractivity (Wildman–Crippen MR) is 112 cm³/mol. The number of benzene rings is 1. The van der Waals surface area contributed by atoms with Gasteiger partial charge in [0.15, 0.2) is 0 Å². The molecule has 0 fully saturated rings. The molecule has 4 nitrogen and oxygen atoms in total. The summed E-state index contributed by atoms with van der Waals surface area (Å²) in [4.78, 5) is 14.4. The van der Waals surface area contributed by atoms with Crippen molar-refractivity contribution in [2.24, 2.45) is 16.9 Å².